The molecule has 1 N–H and O–H groups in total. The number of aromatic nitrogens is 2. The fourth-order valence-corrected chi connectivity index (χ4v) is 1.94. The van der Waals surface area contributed by atoms with Crippen LogP contribution in [0.15, 0.2) is 36.7 Å². The van der Waals surface area contributed by atoms with Crippen molar-refractivity contribution < 1.29 is 9.84 Å². The number of hydrogen-bond acceptors (Lipinski definition) is 3. The van der Waals surface area contributed by atoms with Gasteiger partial charge < -0.3 is 14.4 Å². The van der Waals surface area contributed by atoms with Gasteiger partial charge in [0.25, 0.3) is 0 Å². The van der Waals surface area contributed by atoms with E-state index >= 15 is 0 Å². The summed E-state index contributed by atoms with van der Waals surface area (Å²) in [5.41, 5.74) is 0.921. The highest BCUT2D eigenvalue weighted by Crippen LogP contribution is 2.20. The Morgan fingerprint density at radius 2 is 2.00 bits per heavy atom. The van der Waals surface area contributed by atoms with Crippen LogP contribution in [0.4, 0.5) is 0 Å². The molecule has 2 rings (SSSR count). The molecule has 0 saturated carbocycles. The van der Waals surface area contributed by atoms with Crippen LogP contribution in [0.2, 0.25) is 0 Å². The third-order valence-corrected chi connectivity index (χ3v) is 3.16. The molecule has 0 aliphatic rings. The van der Waals surface area contributed by atoms with Crippen molar-refractivity contribution in [1.29, 1.82) is 0 Å². The van der Waals surface area contributed by atoms with Gasteiger partial charge in [-0.2, -0.15) is 0 Å². The molecule has 0 aliphatic carbocycles. The van der Waals surface area contributed by atoms with E-state index in [1.165, 1.54) is 0 Å². The third kappa shape index (κ3) is 3.35. The number of aliphatic hydroxyl groups excluding tert-OH is 1. The van der Waals surface area contributed by atoms with Crippen LogP contribution in [0, 0.1) is 0 Å². The van der Waals surface area contributed by atoms with Crippen molar-refractivity contribution in [3.05, 3.63) is 48.0 Å². The predicted molar refractivity (Wildman–Crippen MR) is 73.9 cm³/mol. The molecule has 1 aromatic heterocycles. The van der Waals surface area contributed by atoms with Gasteiger partial charge in [0.2, 0.25) is 0 Å². The molecule has 0 radical (unpaired) electrons. The van der Waals surface area contributed by atoms with E-state index in [2.05, 4.69) is 16.5 Å². The highest BCUT2D eigenvalue weighted by molar-refractivity contribution is 5.28. The van der Waals surface area contributed by atoms with Crippen molar-refractivity contribution in [1.82, 2.24) is 9.55 Å². The molecule has 0 saturated heterocycles. The van der Waals surface area contributed by atoms with Gasteiger partial charge in [0.1, 0.15) is 18.2 Å². The quantitative estimate of drug-likeness (QED) is 0.868. The highest BCUT2D eigenvalue weighted by Gasteiger charge is 2.05. The monoisotopic (exact) mass is 260 g/mol. The SMILES string of the molecule is CC[C@H](O)c1ccc(OCc2nccn2CC)cc1. The lowest BCUT2D eigenvalue weighted by Crippen LogP contribution is -2.05. The number of benzene rings is 1. The van der Waals surface area contributed by atoms with E-state index in [-0.39, 0.29) is 0 Å². The molecule has 1 aromatic carbocycles. The standard InChI is InChI=1S/C15H20N2O2/c1-3-14(18)12-5-7-13(8-6-12)19-11-15-16-9-10-17(15)4-2/h5-10,14,18H,3-4,11H2,1-2H3/t14-/m0/s1. The molecule has 0 bridgehead atoms. The van der Waals surface area contributed by atoms with E-state index in [1.54, 1.807) is 6.20 Å². The molecule has 4 heteroatoms. The van der Waals surface area contributed by atoms with Crippen LogP contribution in [0.1, 0.15) is 37.8 Å². The fourth-order valence-electron chi connectivity index (χ4n) is 1.94. The van der Waals surface area contributed by atoms with Crippen LogP contribution < -0.4 is 4.74 Å². The van der Waals surface area contributed by atoms with Crippen LogP contribution in [0.3, 0.4) is 0 Å². The molecule has 0 amide bonds. The summed E-state index contributed by atoms with van der Waals surface area (Å²) in [7, 11) is 0. The zero-order valence-corrected chi connectivity index (χ0v) is 11.4. The lowest BCUT2D eigenvalue weighted by molar-refractivity contribution is 0.173. The highest BCUT2D eigenvalue weighted by atomic mass is 16.5. The number of nitrogens with zero attached hydrogens (tertiary/aromatic N) is 2. The average molecular weight is 260 g/mol. The zero-order chi connectivity index (χ0) is 13.7. The van der Waals surface area contributed by atoms with Crippen LogP contribution in [0.25, 0.3) is 0 Å². The summed E-state index contributed by atoms with van der Waals surface area (Å²) in [5, 5.41) is 9.71. The number of aliphatic hydroxyl groups is 1. The Hall–Kier alpha value is -1.81. The van der Waals surface area contributed by atoms with Gasteiger partial charge in [0.05, 0.1) is 6.10 Å². The molecule has 0 spiro atoms. The lowest BCUT2D eigenvalue weighted by atomic mass is 10.1. The summed E-state index contributed by atoms with van der Waals surface area (Å²) in [6, 6.07) is 7.56. The van der Waals surface area contributed by atoms with Gasteiger partial charge in [-0.1, -0.05) is 19.1 Å². The first-order valence-electron chi connectivity index (χ1n) is 6.65. The van der Waals surface area contributed by atoms with E-state index in [0.717, 1.165) is 23.7 Å². The van der Waals surface area contributed by atoms with Gasteiger partial charge in [-0.15, -0.1) is 0 Å². The molecule has 19 heavy (non-hydrogen) atoms. The molecule has 1 atom stereocenters. The molecule has 102 valence electrons. The first-order chi connectivity index (χ1) is 9.24. The maximum atomic E-state index is 9.71. The minimum atomic E-state index is -0.395. The third-order valence-electron chi connectivity index (χ3n) is 3.16. The fraction of sp³-hybridized carbons (Fsp3) is 0.400. The van der Waals surface area contributed by atoms with Crippen molar-refractivity contribution in [3.63, 3.8) is 0 Å². The number of aryl methyl sites for hydroxylation is 1. The van der Waals surface area contributed by atoms with Crippen molar-refractivity contribution >= 4 is 0 Å². The van der Waals surface area contributed by atoms with E-state index in [1.807, 2.05) is 37.4 Å². The Balaban J connectivity index is 1.96. The van der Waals surface area contributed by atoms with Gasteiger partial charge in [-0.3, -0.25) is 0 Å². The average Bonchev–Trinajstić information content (AvgIpc) is 2.92. The van der Waals surface area contributed by atoms with Crippen molar-refractivity contribution in [2.24, 2.45) is 0 Å². The Morgan fingerprint density at radius 3 is 2.63 bits per heavy atom. The van der Waals surface area contributed by atoms with Crippen molar-refractivity contribution in [3.8, 4) is 5.75 Å². The largest absolute Gasteiger partial charge is 0.486 e. The normalized spacial score (nSPS) is 12.4. The second kappa shape index (κ2) is 6.38. The van der Waals surface area contributed by atoms with E-state index in [9.17, 15) is 5.11 Å². The Morgan fingerprint density at radius 1 is 1.26 bits per heavy atom. The van der Waals surface area contributed by atoms with Crippen molar-refractivity contribution in [2.75, 3.05) is 0 Å². The van der Waals surface area contributed by atoms with Gasteiger partial charge in [0.15, 0.2) is 0 Å². The number of rotatable bonds is 6. The Bertz CT molecular complexity index is 505. The van der Waals surface area contributed by atoms with Crippen LogP contribution in [-0.2, 0) is 13.2 Å². The van der Waals surface area contributed by atoms with Gasteiger partial charge in [-0.25, -0.2) is 4.98 Å². The van der Waals surface area contributed by atoms with Crippen LogP contribution >= 0.6 is 0 Å². The second-order valence-electron chi connectivity index (χ2n) is 4.41. The second-order valence-corrected chi connectivity index (χ2v) is 4.41. The predicted octanol–water partition coefficient (Wildman–Crippen LogP) is 2.93. The maximum Gasteiger partial charge on any atom is 0.146 e. The molecule has 2 aromatic rings. The number of ether oxygens (including phenoxy) is 1. The van der Waals surface area contributed by atoms with Gasteiger partial charge in [-0.05, 0) is 31.0 Å². The van der Waals surface area contributed by atoms with E-state index in [0.29, 0.717) is 13.0 Å². The summed E-state index contributed by atoms with van der Waals surface area (Å²) in [4.78, 5) is 4.26. The summed E-state index contributed by atoms with van der Waals surface area (Å²) in [6.07, 6.45) is 4.05. The molecule has 4 nitrogen and oxygen atoms in total. The van der Waals surface area contributed by atoms with Crippen LogP contribution in [-0.4, -0.2) is 14.7 Å². The van der Waals surface area contributed by atoms with E-state index < -0.39 is 6.10 Å². The lowest BCUT2D eigenvalue weighted by Gasteiger charge is -2.10. The van der Waals surface area contributed by atoms with Crippen LogP contribution in [0.5, 0.6) is 5.75 Å². The van der Waals surface area contributed by atoms with Crippen molar-refractivity contribution in [2.45, 2.75) is 39.5 Å². The summed E-state index contributed by atoms with van der Waals surface area (Å²) in [5.74, 6) is 1.71. The van der Waals surface area contributed by atoms with E-state index in [4.69, 9.17) is 4.74 Å². The van der Waals surface area contributed by atoms with Gasteiger partial charge in [0, 0.05) is 18.9 Å². The first kappa shape index (κ1) is 13.6. The Labute approximate surface area is 113 Å². The molecule has 0 unspecified atom stereocenters. The maximum absolute atomic E-state index is 9.71. The number of imidazole rings is 1. The first-order valence-corrected chi connectivity index (χ1v) is 6.65. The molecular formula is C15H20N2O2. The number of hydrogen-bond donors (Lipinski definition) is 1. The smallest absolute Gasteiger partial charge is 0.146 e. The summed E-state index contributed by atoms with van der Waals surface area (Å²) >= 11 is 0. The summed E-state index contributed by atoms with van der Waals surface area (Å²) in [6.45, 7) is 5.38. The minimum Gasteiger partial charge on any atom is -0.486 e. The van der Waals surface area contributed by atoms with Gasteiger partial charge >= 0.3 is 0 Å². The Kier molecular flexibility index (Phi) is 4.58. The zero-order valence-electron chi connectivity index (χ0n) is 11.4. The molecule has 0 fully saturated rings. The topological polar surface area (TPSA) is 47.3 Å². The summed E-state index contributed by atoms with van der Waals surface area (Å²) < 4.78 is 7.75. The molecule has 0 aliphatic heterocycles. The minimum absolute atomic E-state index is 0.395. The molecule has 1 heterocycles. The molecular weight excluding hydrogens is 240 g/mol.